The number of nitrogens with zero attached hydrogens (tertiary/aromatic N) is 2. The van der Waals surface area contributed by atoms with Gasteiger partial charge in [0.15, 0.2) is 0 Å². The van der Waals surface area contributed by atoms with Gasteiger partial charge in [0.1, 0.15) is 11.9 Å². The maximum atomic E-state index is 11.7. The topological polar surface area (TPSA) is 92.9 Å². The van der Waals surface area contributed by atoms with Crippen molar-refractivity contribution >= 4 is 17.7 Å². The molecule has 1 atom stereocenters. The van der Waals surface area contributed by atoms with Gasteiger partial charge in [0.2, 0.25) is 11.9 Å². The molecule has 6 heteroatoms. The molecular weight excluding hydrogens is 218 g/mol. The standard InChI is InChI=1S/C11H17N5O/c1-6-5-13-11(12)16-9(6)14-7(2)10(17)15-8-3-4-8/h5,7-8H,3-4H2,1-2H3,(H,15,17)(H3,12,13,14,16). The molecule has 1 aromatic rings. The first-order chi connectivity index (χ1) is 8.06. The number of anilines is 2. The van der Waals surface area contributed by atoms with Crippen molar-refractivity contribution < 1.29 is 4.79 Å². The van der Waals surface area contributed by atoms with Crippen LogP contribution < -0.4 is 16.4 Å². The number of amides is 1. The number of hydrogen-bond acceptors (Lipinski definition) is 5. The first-order valence-electron chi connectivity index (χ1n) is 5.72. The number of nitrogen functional groups attached to an aromatic ring is 1. The molecule has 0 saturated heterocycles. The highest BCUT2D eigenvalue weighted by Gasteiger charge is 2.25. The summed E-state index contributed by atoms with van der Waals surface area (Å²) in [7, 11) is 0. The van der Waals surface area contributed by atoms with Gasteiger partial charge >= 0.3 is 0 Å². The lowest BCUT2D eigenvalue weighted by Gasteiger charge is -2.15. The van der Waals surface area contributed by atoms with Crippen LogP contribution in [0.25, 0.3) is 0 Å². The first-order valence-corrected chi connectivity index (χ1v) is 5.72. The monoisotopic (exact) mass is 235 g/mol. The predicted molar refractivity (Wildman–Crippen MR) is 65.4 cm³/mol. The molecule has 17 heavy (non-hydrogen) atoms. The van der Waals surface area contributed by atoms with Crippen molar-refractivity contribution in [1.82, 2.24) is 15.3 Å². The highest BCUT2D eigenvalue weighted by Crippen LogP contribution is 2.19. The average Bonchev–Trinajstić information content (AvgIpc) is 3.07. The maximum absolute atomic E-state index is 11.7. The lowest BCUT2D eigenvalue weighted by Crippen LogP contribution is -2.39. The smallest absolute Gasteiger partial charge is 0.242 e. The zero-order valence-corrected chi connectivity index (χ0v) is 10.0. The fourth-order valence-electron chi connectivity index (χ4n) is 1.43. The minimum absolute atomic E-state index is 0.0101. The second-order valence-corrected chi connectivity index (χ2v) is 4.41. The van der Waals surface area contributed by atoms with Crippen molar-refractivity contribution in [3.63, 3.8) is 0 Å². The minimum Gasteiger partial charge on any atom is -0.368 e. The van der Waals surface area contributed by atoms with Crippen molar-refractivity contribution in [3.05, 3.63) is 11.8 Å². The van der Waals surface area contributed by atoms with Crippen LogP contribution in [0, 0.1) is 6.92 Å². The van der Waals surface area contributed by atoms with Gasteiger partial charge in [0, 0.05) is 17.8 Å². The van der Waals surface area contributed by atoms with E-state index in [0.29, 0.717) is 11.9 Å². The van der Waals surface area contributed by atoms with E-state index in [4.69, 9.17) is 5.73 Å². The molecular formula is C11H17N5O. The van der Waals surface area contributed by atoms with E-state index < -0.39 is 0 Å². The number of nitrogens with two attached hydrogens (primary N) is 1. The molecule has 0 spiro atoms. The fourth-order valence-corrected chi connectivity index (χ4v) is 1.43. The van der Waals surface area contributed by atoms with Gasteiger partial charge in [-0.05, 0) is 26.7 Å². The van der Waals surface area contributed by atoms with Crippen LogP contribution in [0.1, 0.15) is 25.3 Å². The second kappa shape index (κ2) is 4.57. The highest BCUT2D eigenvalue weighted by atomic mass is 16.2. The summed E-state index contributed by atoms with van der Waals surface area (Å²) in [6.07, 6.45) is 3.80. The average molecular weight is 235 g/mol. The van der Waals surface area contributed by atoms with Gasteiger partial charge in [-0.1, -0.05) is 0 Å². The van der Waals surface area contributed by atoms with Gasteiger partial charge < -0.3 is 16.4 Å². The van der Waals surface area contributed by atoms with Gasteiger partial charge in [0.05, 0.1) is 0 Å². The minimum atomic E-state index is -0.330. The van der Waals surface area contributed by atoms with Crippen molar-refractivity contribution in [2.24, 2.45) is 0 Å². The summed E-state index contributed by atoms with van der Waals surface area (Å²) in [6, 6.07) is 0.0342. The third-order valence-electron chi connectivity index (χ3n) is 2.66. The van der Waals surface area contributed by atoms with E-state index in [9.17, 15) is 4.79 Å². The zero-order chi connectivity index (χ0) is 12.4. The molecule has 0 aliphatic heterocycles. The van der Waals surface area contributed by atoms with Gasteiger partial charge in [-0.2, -0.15) is 4.98 Å². The van der Waals surface area contributed by atoms with Crippen LogP contribution in [0.4, 0.5) is 11.8 Å². The Hall–Kier alpha value is -1.85. The number of aryl methyl sites for hydroxylation is 1. The molecule has 1 aliphatic carbocycles. The van der Waals surface area contributed by atoms with Crippen molar-refractivity contribution in [2.75, 3.05) is 11.1 Å². The highest BCUT2D eigenvalue weighted by molar-refractivity contribution is 5.84. The number of hydrogen-bond donors (Lipinski definition) is 3. The molecule has 92 valence electrons. The molecule has 4 N–H and O–H groups in total. The van der Waals surface area contributed by atoms with Crippen LogP contribution in [0.15, 0.2) is 6.20 Å². The summed E-state index contributed by atoms with van der Waals surface area (Å²) in [4.78, 5) is 19.7. The fraction of sp³-hybridized carbons (Fsp3) is 0.545. The van der Waals surface area contributed by atoms with Crippen LogP contribution in [-0.4, -0.2) is 28.0 Å². The van der Waals surface area contributed by atoms with E-state index in [1.54, 1.807) is 13.1 Å². The Labute approximate surface area is 100 Å². The Morgan fingerprint density at radius 1 is 1.59 bits per heavy atom. The molecule has 0 aromatic carbocycles. The Kier molecular flexibility index (Phi) is 3.12. The Morgan fingerprint density at radius 3 is 2.94 bits per heavy atom. The van der Waals surface area contributed by atoms with Gasteiger partial charge in [-0.3, -0.25) is 4.79 Å². The Bertz CT molecular complexity index is 430. The number of carbonyl (C=O) groups is 1. The van der Waals surface area contributed by atoms with Gasteiger partial charge in [-0.15, -0.1) is 0 Å². The van der Waals surface area contributed by atoms with E-state index in [2.05, 4.69) is 20.6 Å². The molecule has 1 aliphatic rings. The van der Waals surface area contributed by atoms with Crippen LogP contribution in [0.2, 0.25) is 0 Å². The third kappa shape index (κ3) is 3.05. The number of carbonyl (C=O) groups excluding carboxylic acids is 1. The van der Waals surface area contributed by atoms with Crippen molar-refractivity contribution in [2.45, 2.75) is 38.8 Å². The van der Waals surface area contributed by atoms with Crippen LogP contribution in [-0.2, 0) is 4.79 Å². The lowest BCUT2D eigenvalue weighted by molar-refractivity contribution is -0.121. The molecule has 1 amide bonds. The normalized spacial score (nSPS) is 16.4. The van der Waals surface area contributed by atoms with E-state index in [-0.39, 0.29) is 17.9 Å². The molecule has 1 fully saturated rings. The number of aromatic nitrogens is 2. The van der Waals surface area contributed by atoms with E-state index in [1.807, 2.05) is 6.92 Å². The maximum Gasteiger partial charge on any atom is 0.242 e. The van der Waals surface area contributed by atoms with Gasteiger partial charge in [-0.25, -0.2) is 4.98 Å². The Balaban J connectivity index is 1.98. The summed E-state index contributed by atoms with van der Waals surface area (Å²) < 4.78 is 0. The number of nitrogens with one attached hydrogen (secondary N) is 2. The van der Waals surface area contributed by atoms with Crippen molar-refractivity contribution in [3.8, 4) is 0 Å². The molecule has 0 radical (unpaired) electrons. The molecule has 1 saturated carbocycles. The van der Waals surface area contributed by atoms with E-state index in [0.717, 1.165) is 18.4 Å². The number of rotatable bonds is 4. The summed E-state index contributed by atoms with van der Waals surface area (Å²) in [5.41, 5.74) is 6.37. The Morgan fingerprint density at radius 2 is 2.29 bits per heavy atom. The summed E-state index contributed by atoms with van der Waals surface area (Å²) in [5, 5.41) is 5.97. The molecule has 0 bridgehead atoms. The summed E-state index contributed by atoms with van der Waals surface area (Å²) in [6.45, 7) is 3.67. The molecule has 1 aromatic heterocycles. The van der Waals surface area contributed by atoms with E-state index >= 15 is 0 Å². The molecule has 1 unspecified atom stereocenters. The zero-order valence-electron chi connectivity index (χ0n) is 10.0. The second-order valence-electron chi connectivity index (χ2n) is 4.41. The summed E-state index contributed by atoms with van der Waals surface area (Å²) >= 11 is 0. The molecule has 1 heterocycles. The summed E-state index contributed by atoms with van der Waals surface area (Å²) in [5.74, 6) is 0.799. The van der Waals surface area contributed by atoms with Crippen molar-refractivity contribution in [1.29, 1.82) is 0 Å². The van der Waals surface area contributed by atoms with Crippen LogP contribution >= 0.6 is 0 Å². The quantitative estimate of drug-likeness (QED) is 0.704. The molecule has 6 nitrogen and oxygen atoms in total. The SMILES string of the molecule is Cc1cnc(N)nc1NC(C)C(=O)NC1CC1. The lowest BCUT2D eigenvalue weighted by atomic mass is 10.2. The first kappa shape index (κ1) is 11.6. The van der Waals surface area contributed by atoms with Crippen LogP contribution in [0.3, 0.4) is 0 Å². The third-order valence-corrected chi connectivity index (χ3v) is 2.66. The molecule has 2 rings (SSSR count). The largest absolute Gasteiger partial charge is 0.368 e. The van der Waals surface area contributed by atoms with E-state index in [1.165, 1.54) is 0 Å². The predicted octanol–water partition coefficient (Wildman–Crippen LogP) is 0.446. The van der Waals surface area contributed by atoms with Gasteiger partial charge in [0.25, 0.3) is 0 Å². The van der Waals surface area contributed by atoms with Crippen LogP contribution in [0.5, 0.6) is 0 Å².